The van der Waals surface area contributed by atoms with Gasteiger partial charge in [-0.1, -0.05) is 0 Å². The summed E-state index contributed by atoms with van der Waals surface area (Å²) in [5, 5.41) is 51.6. The summed E-state index contributed by atoms with van der Waals surface area (Å²) in [4.78, 5) is 11.1. The van der Waals surface area contributed by atoms with Crippen LogP contribution in [0.2, 0.25) is 0 Å². The first kappa shape index (κ1) is 23.8. The van der Waals surface area contributed by atoms with Gasteiger partial charge in [-0.15, -0.1) is 0 Å². The minimum Gasteiger partial charge on any atom is -0.465 e. The summed E-state index contributed by atoms with van der Waals surface area (Å²) in [6.07, 6.45) is -8.27. The van der Waals surface area contributed by atoms with Gasteiger partial charge in [-0.3, -0.25) is 4.79 Å². The van der Waals surface area contributed by atoms with E-state index in [1.54, 1.807) is 24.3 Å². The highest BCUT2D eigenvalue weighted by atomic mass is 16.7. The summed E-state index contributed by atoms with van der Waals surface area (Å²) in [6.45, 7) is 0.466. The van der Waals surface area contributed by atoms with Crippen LogP contribution in [-0.2, 0) is 19.0 Å². The molecule has 0 spiro atoms. The Kier molecular flexibility index (Phi) is 8.19. The summed E-state index contributed by atoms with van der Waals surface area (Å²) in [5.41, 5.74) is 0.630. The minimum absolute atomic E-state index is 0.180. The predicted octanol–water partition coefficient (Wildman–Crippen LogP) is -1.29. The topological polar surface area (TPSA) is 167 Å². The van der Waals surface area contributed by atoms with Crippen molar-refractivity contribution in [1.82, 2.24) is 0 Å². The van der Waals surface area contributed by atoms with Crippen molar-refractivity contribution in [2.75, 3.05) is 18.5 Å². The van der Waals surface area contributed by atoms with Gasteiger partial charge < -0.3 is 49.8 Å². The molecule has 174 valence electrons. The number of hydrogen-bond acceptors (Lipinski definition) is 10. The van der Waals surface area contributed by atoms with Crippen molar-refractivity contribution >= 4 is 11.6 Å². The third-order valence-electron chi connectivity index (χ3n) is 5.21. The number of benzene rings is 1. The van der Waals surface area contributed by atoms with Crippen molar-refractivity contribution in [2.24, 2.45) is 0 Å². The predicted molar refractivity (Wildman–Crippen MR) is 105 cm³/mol. The first-order valence-corrected chi connectivity index (χ1v) is 10.1. The van der Waals surface area contributed by atoms with E-state index in [0.717, 1.165) is 0 Å². The number of aliphatic hydroxyl groups is 5. The van der Waals surface area contributed by atoms with Crippen LogP contribution < -0.4 is 10.1 Å². The molecule has 11 nitrogen and oxygen atoms in total. The van der Waals surface area contributed by atoms with Crippen molar-refractivity contribution in [3.05, 3.63) is 24.3 Å². The molecule has 1 amide bonds. The molecule has 3 rings (SSSR count). The minimum atomic E-state index is -1.55. The number of nitrogens with one attached hydrogen (secondary N) is 1. The van der Waals surface area contributed by atoms with Gasteiger partial charge >= 0.3 is 0 Å². The molecule has 8 atom stereocenters. The Balaban J connectivity index is 1.56. The van der Waals surface area contributed by atoms with Crippen molar-refractivity contribution in [3.8, 4) is 5.75 Å². The van der Waals surface area contributed by atoms with Gasteiger partial charge in [-0.2, -0.15) is 0 Å². The number of anilines is 1. The molecular weight excluding hydrogens is 414 g/mol. The molecule has 2 aliphatic rings. The Labute approximate surface area is 179 Å². The fourth-order valence-electron chi connectivity index (χ4n) is 3.56. The zero-order chi connectivity index (χ0) is 22.5. The van der Waals surface area contributed by atoms with E-state index in [1.807, 2.05) is 0 Å². The van der Waals surface area contributed by atoms with Gasteiger partial charge in [-0.25, -0.2) is 0 Å². The number of aliphatic hydroxyl groups excluding tert-OH is 5. The first-order chi connectivity index (χ1) is 14.8. The van der Waals surface area contributed by atoms with Crippen LogP contribution in [0.4, 0.5) is 5.69 Å². The maximum atomic E-state index is 11.1. The van der Waals surface area contributed by atoms with E-state index in [-0.39, 0.29) is 12.5 Å². The van der Waals surface area contributed by atoms with Crippen LogP contribution in [0.1, 0.15) is 19.8 Å². The van der Waals surface area contributed by atoms with E-state index in [9.17, 15) is 30.3 Å². The third-order valence-corrected chi connectivity index (χ3v) is 5.21. The van der Waals surface area contributed by atoms with Gasteiger partial charge in [0.2, 0.25) is 5.91 Å². The molecule has 0 aromatic heterocycles. The van der Waals surface area contributed by atoms with E-state index in [2.05, 4.69) is 5.32 Å². The Bertz CT molecular complexity index is 714. The van der Waals surface area contributed by atoms with Crippen LogP contribution in [0.25, 0.3) is 0 Å². The summed E-state index contributed by atoms with van der Waals surface area (Å²) in [7, 11) is 0. The number of amides is 1. The molecule has 31 heavy (non-hydrogen) atoms. The number of rotatable bonds is 7. The van der Waals surface area contributed by atoms with Gasteiger partial charge in [0, 0.05) is 19.0 Å². The molecule has 2 aliphatic heterocycles. The van der Waals surface area contributed by atoms with Gasteiger partial charge in [0.25, 0.3) is 0 Å². The van der Waals surface area contributed by atoms with Crippen LogP contribution in [-0.4, -0.2) is 93.9 Å². The lowest BCUT2D eigenvalue weighted by molar-refractivity contribution is -0.329. The van der Waals surface area contributed by atoms with E-state index >= 15 is 0 Å². The van der Waals surface area contributed by atoms with Crippen LogP contribution in [0, 0.1) is 0 Å². The van der Waals surface area contributed by atoms with E-state index < -0.39 is 55.8 Å². The molecule has 0 radical (unpaired) electrons. The maximum absolute atomic E-state index is 11.1. The van der Waals surface area contributed by atoms with Crippen molar-refractivity contribution < 1.29 is 49.3 Å². The zero-order valence-electron chi connectivity index (χ0n) is 17.0. The quantitative estimate of drug-likeness (QED) is 0.298. The number of hydrogen-bond donors (Lipinski definition) is 6. The average Bonchev–Trinajstić information content (AvgIpc) is 2.76. The Morgan fingerprint density at radius 2 is 1.68 bits per heavy atom. The van der Waals surface area contributed by atoms with Gasteiger partial charge in [0.1, 0.15) is 36.3 Å². The molecule has 2 fully saturated rings. The lowest BCUT2D eigenvalue weighted by atomic mass is 9.99. The third kappa shape index (κ3) is 5.90. The molecule has 0 saturated carbocycles. The highest BCUT2D eigenvalue weighted by molar-refractivity contribution is 5.88. The van der Waals surface area contributed by atoms with E-state index in [0.29, 0.717) is 24.3 Å². The SMILES string of the molecule is CC(=O)Nc1ccc(O[C@@H]2CC[C@H](O[C@@H]3O[C@H](CO)[C@H](O)C(O)[C@H]3O)C(CO)O2)cc1. The number of ether oxygens (including phenoxy) is 4. The van der Waals surface area contributed by atoms with Crippen LogP contribution in [0.3, 0.4) is 0 Å². The smallest absolute Gasteiger partial charge is 0.221 e. The summed E-state index contributed by atoms with van der Waals surface area (Å²) in [5.74, 6) is 0.338. The van der Waals surface area contributed by atoms with Crippen LogP contribution in [0.5, 0.6) is 5.75 Å². The molecule has 0 bridgehead atoms. The second kappa shape index (κ2) is 10.7. The monoisotopic (exact) mass is 443 g/mol. The van der Waals surface area contributed by atoms with Crippen molar-refractivity contribution in [1.29, 1.82) is 0 Å². The second-order valence-electron chi connectivity index (χ2n) is 7.56. The first-order valence-electron chi connectivity index (χ1n) is 10.1. The fourth-order valence-corrected chi connectivity index (χ4v) is 3.56. The second-order valence-corrected chi connectivity index (χ2v) is 7.56. The van der Waals surface area contributed by atoms with Crippen LogP contribution >= 0.6 is 0 Å². The Morgan fingerprint density at radius 1 is 1.00 bits per heavy atom. The van der Waals surface area contributed by atoms with E-state index in [1.165, 1.54) is 6.92 Å². The Morgan fingerprint density at radius 3 is 2.29 bits per heavy atom. The molecule has 2 heterocycles. The molecule has 1 aromatic carbocycles. The largest absolute Gasteiger partial charge is 0.465 e. The fraction of sp³-hybridized carbons (Fsp3) is 0.650. The van der Waals surface area contributed by atoms with Gasteiger partial charge in [0.15, 0.2) is 12.6 Å². The molecule has 2 saturated heterocycles. The normalized spacial score (nSPS) is 36.1. The lowest BCUT2D eigenvalue weighted by Gasteiger charge is -2.43. The summed E-state index contributed by atoms with van der Waals surface area (Å²) < 4.78 is 22.6. The maximum Gasteiger partial charge on any atom is 0.221 e. The van der Waals surface area contributed by atoms with Crippen molar-refractivity contribution in [3.63, 3.8) is 0 Å². The molecule has 0 aliphatic carbocycles. The van der Waals surface area contributed by atoms with Crippen molar-refractivity contribution in [2.45, 2.75) is 69.0 Å². The standard InChI is InChI=1S/C20H29NO10/c1-10(24)21-11-2-4-12(5-3-11)28-16-7-6-13(14(8-22)29-16)30-20-19(27)18(26)17(25)15(9-23)31-20/h2-5,13-20,22-23,25-27H,6-9H2,1H3,(H,21,24)/t13-,14?,15+,16-,17-,18?,19+,20+/m0/s1. The highest BCUT2D eigenvalue weighted by Crippen LogP contribution is 2.29. The van der Waals surface area contributed by atoms with Gasteiger partial charge in [0.05, 0.1) is 19.3 Å². The number of carbonyl (C=O) groups excluding carboxylic acids is 1. The zero-order valence-corrected chi connectivity index (χ0v) is 17.0. The molecule has 2 unspecified atom stereocenters. The lowest BCUT2D eigenvalue weighted by Crippen LogP contribution is -2.60. The molecule has 11 heteroatoms. The van der Waals surface area contributed by atoms with E-state index in [4.69, 9.17) is 18.9 Å². The summed E-state index contributed by atoms with van der Waals surface area (Å²) >= 11 is 0. The van der Waals surface area contributed by atoms with Crippen LogP contribution in [0.15, 0.2) is 24.3 Å². The molecule has 1 aromatic rings. The average molecular weight is 443 g/mol. The molecule has 6 N–H and O–H groups in total. The Hall–Kier alpha value is -1.83. The molecular formula is C20H29NO10. The highest BCUT2D eigenvalue weighted by Gasteiger charge is 2.46. The summed E-state index contributed by atoms with van der Waals surface area (Å²) in [6, 6.07) is 6.74. The van der Waals surface area contributed by atoms with Gasteiger partial charge in [-0.05, 0) is 30.7 Å². The number of carbonyl (C=O) groups is 1.